The average Bonchev–Trinajstić information content (AvgIpc) is 2.75. The molecule has 0 bridgehead atoms. The van der Waals surface area contributed by atoms with Crippen molar-refractivity contribution in [2.75, 3.05) is 31.1 Å². The number of nitrogens with zero attached hydrogens (tertiary/aromatic N) is 4. The fourth-order valence-corrected chi connectivity index (χ4v) is 4.21. The number of hydrogen-bond donors (Lipinski definition) is 1. The summed E-state index contributed by atoms with van der Waals surface area (Å²) in [5.41, 5.74) is 5.90. The van der Waals surface area contributed by atoms with Crippen LogP contribution in [0.3, 0.4) is 0 Å². The summed E-state index contributed by atoms with van der Waals surface area (Å²) in [5, 5.41) is 3.36. The molecule has 3 aliphatic rings. The summed E-state index contributed by atoms with van der Waals surface area (Å²) in [4.78, 5) is 24.5. The van der Waals surface area contributed by atoms with Crippen LogP contribution in [0, 0.1) is 0 Å². The molecule has 1 N–H and O–H groups in total. The Balaban J connectivity index is 1.49. The molecule has 0 spiro atoms. The molecule has 2 aromatic heterocycles. The third kappa shape index (κ3) is 3.68. The van der Waals surface area contributed by atoms with E-state index in [4.69, 9.17) is 4.98 Å². The van der Waals surface area contributed by atoms with Crippen LogP contribution >= 0.6 is 0 Å². The van der Waals surface area contributed by atoms with Crippen molar-refractivity contribution in [1.29, 1.82) is 0 Å². The second-order valence-electron chi connectivity index (χ2n) is 7.70. The summed E-state index contributed by atoms with van der Waals surface area (Å²) in [5.74, 6) is 0. The van der Waals surface area contributed by atoms with Gasteiger partial charge in [0.15, 0.2) is 0 Å². The van der Waals surface area contributed by atoms with E-state index in [2.05, 4.69) is 33.4 Å². The van der Waals surface area contributed by atoms with Gasteiger partial charge in [0.25, 0.3) is 5.56 Å². The second-order valence-corrected chi connectivity index (χ2v) is 7.70. The monoisotopic (exact) mass is 387 g/mol. The first-order valence-corrected chi connectivity index (χ1v) is 10.4. The molecule has 0 aromatic carbocycles. The van der Waals surface area contributed by atoms with Crippen molar-refractivity contribution in [3.8, 4) is 0 Å². The third-order valence-corrected chi connectivity index (χ3v) is 5.82. The molecule has 4 heterocycles. The number of fused-ring (bicyclic) bond motifs is 1. The van der Waals surface area contributed by atoms with Gasteiger partial charge in [-0.15, -0.1) is 0 Å². The van der Waals surface area contributed by atoms with E-state index in [1.165, 1.54) is 5.57 Å². The van der Waals surface area contributed by atoms with Crippen LogP contribution in [0.4, 0.5) is 5.69 Å². The smallest absolute Gasteiger partial charge is 0.258 e. The number of rotatable bonds is 2. The van der Waals surface area contributed by atoms with E-state index in [0.29, 0.717) is 5.65 Å². The topological polar surface area (TPSA) is 62.0 Å². The number of hydrogen-bond acceptors (Lipinski definition) is 5. The van der Waals surface area contributed by atoms with Gasteiger partial charge in [0, 0.05) is 44.7 Å². The minimum atomic E-state index is -0.0473. The highest BCUT2D eigenvalue weighted by atomic mass is 16.1. The van der Waals surface area contributed by atoms with Gasteiger partial charge in [-0.05, 0) is 55.0 Å². The first-order chi connectivity index (χ1) is 14.3. The van der Waals surface area contributed by atoms with E-state index >= 15 is 0 Å². The number of anilines is 1. The normalized spacial score (nSPS) is 21.5. The van der Waals surface area contributed by atoms with Crippen LogP contribution in [0.25, 0.3) is 11.2 Å². The molecule has 1 fully saturated rings. The maximum absolute atomic E-state index is 12.9. The van der Waals surface area contributed by atoms with Crippen LogP contribution in [0.2, 0.25) is 0 Å². The summed E-state index contributed by atoms with van der Waals surface area (Å²) in [6.07, 6.45) is 14.3. The molecule has 0 atom stereocenters. The van der Waals surface area contributed by atoms with Gasteiger partial charge >= 0.3 is 0 Å². The standard InChI is InChI=1S/C23H25N5O/c29-23-15-21(18-4-1-3-17-5-2-10-25-20(17)8-6-18)26-22-9-7-19(16-28(22)23)27-13-11-24-12-14-27/h4,6-10,15-16,24H,1-3,5,11-14H2/b8-6?,18-4+. The zero-order valence-electron chi connectivity index (χ0n) is 16.5. The molecule has 0 radical (unpaired) electrons. The van der Waals surface area contributed by atoms with Gasteiger partial charge in [-0.25, -0.2) is 4.98 Å². The lowest BCUT2D eigenvalue weighted by atomic mass is 9.96. The summed E-state index contributed by atoms with van der Waals surface area (Å²) < 4.78 is 1.65. The van der Waals surface area contributed by atoms with Crippen LogP contribution in [0.5, 0.6) is 0 Å². The zero-order valence-corrected chi connectivity index (χ0v) is 16.5. The number of piperazine rings is 1. The minimum Gasteiger partial charge on any atom is -0.368 e. The van der Waals surface area contributed by atoms with Crippen LogP contribution in [0.15, 0.2) is 63.7 Å². The predicted molar refractivity (Wildman–Crippen MR) is 118 cm³/mol. The highest BCUT2D eigenvalue weighted by Crippen LogP contribution is 2.27. The van der Waals surface area contributed by atoms with Crippen molar-refractivity contribution >= 4 is 23.1 Å². The average molecular weight is 387 g/mol. The lowest BCUT2D eigenvalue weighted by molar-refractivity contribution is 0.588. The van der Waals surface area contributed by atoms with Gasteiger partial charge in [-0.1, -0.05) is 12.2 Å². The number of aromatic nitrogens is 2. The molecule has 5 rings (SSSR count). The van der Waals surface area contributed by atoms with E-state index in [9.17, 15) is 4.79 Å². The van der Waals surface area contributed by atoms with E-state index in [-0.39, 0.29) is 5.56 Å². The Morgan fingerprint density at radius 1 is 1.03 bits per heavy atom. The zero-order chi connectivity index (χ0) is 19.6. The summed E-state index contributed by atoms with van der Waals surface area (Å²) in [7, 11) is 0. The molecular weight excluding hydrogens is 362 g/mol. The van der Waals surface area contributed by atoms with Gasteiger partial charge in [0.1, 0.15) is 5.65 Å². The van der Waals surface area contributed by atoms with Crippen molar-refractivity contribution in [1.82, 2.24) is 14.7 Å². The molecule has 29 heavy (non-hydrogen) atoms. The maximum Gasteiger partial charge on any atom is 0.258 e. The molecule has 2 aliphatic heterocycles. The van der Waals surface area contributed by atoms with Gasteiger partial charge in [0.2, 0.25) is 0 Å². The maximum atomic E-state index is 12.9. The number of nitrogens with one attached hydrogen (secondary N) is 1. The number of allylic oxidation sites excluding steroid dienone is 5. The Morgan fingerprint density at radius 2 is 1.90 bits per heavy atom. The Kier molecular flexibility index (Phi) is 4.86. The van der Waals surface area contributed by atoms with Crippen LogP contribution < -0.4 is 15.8 Å². The summed E-state index contributed by atoms with van der Waals surface area (Å²) in [6.45, 7) is 3.83. The molecule has 2 aromatic rings. The lowest BCUT2D eigenvalue weighted by Gasteiger charge is -2.29. The van der Waals surface area contributed by atoms with E-state index in [1.807, 2.05) is 24.6 Å². The van der Waals surface area contributed by atoms with E-state index in [1.54, 1.807) is 10.5 Å². The lowest BCUT2D eigenvalue weighted by Crippen LogP contribution is -2.43. The molecule has 1 aliphatic carbocycles. The first-order valence-electron chi connectivity index (χ1n) is 10.4. The highest BCUT2D eigenvalue weighted by Gasteiger charge is 2.14. The quantitative estimate of drug-likeness (QED) is 0.861. The summed E-state index contributed by atoms with van der Waals surface area (Å²) >= 11 is 0. The van der Waals surface area contributed by atoms with Crippen molar-refractivity contribution in [2.24, 2.45) is 4.99 Å². The van der Waals surface area contributed by atoms with Crippen molar-refractivity contribution in [3.63, 3.8) is 0 Å². The second kappa shape index (κ2) is 7.79. The molecule has 6 heteroatoms. The fourth-order valence-electron chi connectivity index (χ4n) is 4.21. The fraction of sp³-hybridized carbons (Fsp3) is 0.348. The van der Waals surface area contributed by atoms with Crippen LogP contribution in [0.1, 0.15) is 31.4 Å². The van der Waals surface area contributed by atoms with Crippen LogP contribution in [-0.4, -0.2) is 41.8 Å². The minimum absolute atomic E-state index is 0.0473. The summed E-state index contributed by atoms with van der Waals surface area (Å²) in [6, 6.07) is 5.65. The Morgan fingerprint density at radius 3 is 2.79 bits per heavy atom. The number of aliphatic imine (C=N–C) groups is 1. The SMILES string of the molecule is O=c1cc(/C2=C/CCC3=C(C=C2)N=CCC3)nc2ccc(N3CCNCC3)cn12. The molecular formula is C23H25N5O. The van der Waals surface area contributed by atoms with E-state index in [0.717, 1.165) is 74.5 Å². The van der Waals surface area contributed by atoms with Gasteiger partial charge in [-0.3, -0.25) is 14.2 Å². The molecule has 0 amide bonds. The first kappa shape index (κ1) is 18.1. The van der Waals surface area contributed by atoms with Gasteiger partial charge in [-0.2, -0.15) is 0 Å². The molecule has 0 unspecified atom stereocenters. The van der Waals surface area contributed by atoms with Crippen molar-refractivity contribution < 1.29 is 0 Å². The van der Waals surface area contributed by atoms with E-state index < -0.39 is 0 Å². The largest absolute Gasteiger partial charge is 0.368 e. The molecule has 0 saturated carbocycles. The highest BCUT2D eigenvalue weighted by molar-refractivity contribution is 5.74. The molecule has 1 saturated heterocycles. The molecule has 6 nitrogen and oxygen atoms in total. The Bertz CT molecular complexity index is 1120. The Labute approximate surface area is 170 Å². The van der Waals surface area contributed by atoms with Crippen molar-refractivity contribution in [3.05, 3.63) is 69.9 Å². The van der Waals surface area contributed by atoms with Crippen molar-refractivity contribution in [2.45, 2.75) is 25.7 Å². The van der Waals surface area contributed by atoms with Crippen LogP contribution in [-0.2, 0) is 0 Å². The Hall–Kier alpha value is -2.99. The predicted octanol–water partition coefficient (Wildman–Crippen LogP) is 2.96. The number of pyridine rings is 1. The molecule has 148 valence electrons. The van der Waals surface area contributed by atoms with Gasteiger partial charge in [0.05, 0.1) is 17.1 Å². The van der Waals surface area contributed by atoms with Gasteiger partial charge < -0.3 is 10.2 Å². The third-order valence-electron chi connectivity index (χ3n) is 5.82.